The quantitative estimate of drug-likeness (QED) is 0.524. The lowest BCUT2D eigenvalue weighted by Gasteiger charge is -2.09. The maximum atomic E-state index is 12.4. The lowest BCUT2D eigenvalue weighted by atomic mass is 9.96. The van der Waals surface area contributed by atoms with E-state index >= 15 is 0 Å². The molecule has 0 saturated carbocycles. The van der Waals surface area contributed by atoms with Crippen LogP contribution in [-0.2, 0) is 24.2 Å². The van der Waals surface area contributed by atoms with Crippen molar-refractivity contribution in [2.24, 2.45) is 0 Å². The van der Waals surface area contributed by atoms with E-state index in [4.69, 9.17) is 4.74 Å². The molecule has 0 fully saturated rings. The van der Waals surface area contributed by atoms with Gasteiger partial charge in [-0.1, -0.05) is 42.5 Å². The average molecular weight is 415 g/mol. The molecule has 0 spiro atoms. The summed E-state index contributed by atoms with van der Waals surface area (Å²) in [7, 11) is 0. The van der Waals surface area contributed by atoms with E-state index in [1.165, 1.54) is 22.3 Å². The molecule has 0 saturated heterocycles. The minimum absolute atomic E-state index is 0.227. The van der Waals surface area contributed by atoms with Crippen LogP contribution in [0.2, 0.25) is 0 Å². The van der Waals surface area contributed by atoms with Gasteiger partial charge in [-0.25, -0.2) is 0 Å². The largest absolute Gasteiger partial charge is 0.489 e. The highest BCUT2D eigenvalue weighted by Gasteiger charge is 2.21. The van der Waals surface area contributed by atoms with Gasteiger partial charge in [-0.15, -0.1) is 11.3 Å². The first-order chi connectivity index (χ1) is 14.7. The van der Waals surface area contributed by atoms with Gasteiger partial charge in [0.15, 0.2) is 0 Å². The molecule has 4 nitrogen and oxygen atoms in total. The summed E-state index contributed by atoms with van der Waals surface area (Å²) >= 11 is 1.54. The van der Waals surface area contributed by atoms with Crippen molar-refractivity contribution in [2.45, 2.75) is 32.3 Å². The molecular weight excluding hydrogens is 392 g/mol. The van der Waals surface area contributed by atoms with Crippen molar-refractivity contribution in [3.05, 3.63) is 87.8 Å². The Morgan fingerprint density at radius 2 is 1.87 bits per heavy atom. The van der Waals surface area contributed by atoms with Crippen LogP contribution < -0.4 is 10.1 Å². The zero-order chi connectivity index (χ0) is 20.8. The molecular formula is C25H22N2O2S. The maximum Gasteiger partial charge on any atom is 0.249 e. The lowest BCUT2D eigenvalue weighted by Crippen LogP contribution is -2.07. The van der Waals surface area contributed by atoms with Crippen LogP contribution in [0.25, 0.3) is 6.08 Å². The highest BCUT2D eigenvalue weighted by Crippen LogP contribution is 2.37. The molecule has 4 rings (SSSR count). The van der Waals surface area contributed by atoms with Crippen molar-refractivity contribution in [3.63, 3.8) is 0 Å². The van der Waals surface area contributed by atoms with Gasteiger partial charge in [0.1, 0.15) is 23.4 Å². The summed E-state index contributed by atoms with van der Waals surface area (Å²) in [6.07, 6.45) is 7.45. The van der Waals surface area contributed by atoms with Crippen LogP contribution in [0.15, 0.2) is 60.7 Å². The molecule has 3 aromatic rings. The molecule has 0 radical (unpaired) electrons. The van der Waals surface area contributed by atoms with Crippen molar-refractivity contribution in [2.75, 3.05) is 5.32 Å². The Bertz CT molecular complexity index is 1090. The Hall–Kier alpha value is -3.36. The van der Waals surface area contributed by atoms with Crippen molar-refractivity contribution >= 4 is 28.3 Å². The number of aryl methyl sites for hydroxylation is 1. The Morgan fingerprint density at radius 3 is 2.63 bits per heavy atom. The van der Waals surface area contributed by atoms with Crippen LogP contribution in [0, 0.1) is 11.3 Å². The molecule has 0 aliphatic heterocycles. The highest BCUT2D eigenvalue weighted by atomic mass is 32.1. The van der Waals surface area contributed by atoms with E-state index in [1.54, 1.807) is 6.08 Å². The number of anilines is 1. The molecule has 1 aromatic heterocycles. The van der Waals surface area contributed by atoms with Gasteiger partial charge >= 0.3 is 0 Å². The second-order valence-electron chi connectivity index (χ2n) is 7.19. The number of amides is 1. The van der Waals surface area contributed by atoms with E-state index in [9.17, 15) is 10.1 Å². The van der Waals surface area contributed by atoms with Gasteiger partial charge in [0, 0.05) is 11.0 Å². The molecule has 0 bridgehead atoms. The average Bonchev–Trinajstić information content (AvgIpc) is 3.14. The molecule has 1 aliphatic rings. The number of nitrogens with zero attached hydrogens (tertiary/aromatic N) is 1. The van der Waals surface area contributed by atoms with Crippen LogP contribution in [0.4, 0.5) is 5.00 Å². The van der Waals surface area contributed by atoms with Crippen LogP contribution in [-0.4, -0.2) is 5.91 Å². The molecule has 1 heterocycles. The molecule has 30 heavy (non-hydrogen) atoms. The van der Waals surface area contributed by atoms with Crippen LogP contribution >= 0.6 is 11.3 Å². The lowest BCUT2D eigenvalue weighted by molar-refractivity contribution is -0.111. The monoisotopic (exact) mass is 414 g/mol. The molecule has 2 aromatic carbocycles. The zero-order valence-electron chi connectivity index (χ0n) is 16.6. The summed E-state index contributed by atoms with van der Waals surface area (Å²) in [6, 6.07) is 19.9. The molecule has 1 N–H and O–H groups in total. The third-order valence-electron chi connectivity index (χ3n) is 5.08. The number of fused-ring (bicyclic) bond motifs is 1. The van der Waals surface area contributed by atoms with Crippen molar-refractivity contribution in [3.8, 4) is 11.8 Å². The summed E-state index contributed by atoms with van der Waals surface area (Å²) in [4.78, 5) is 13.6. The smallest absolute Gasteiger partial charge is 0.249 e. The van der Waals surface area contributed by atoms with Crippen LogP contribution in [0.3, 0.4) is 0 Å². The Labute approximate surface area is 180 Å². The van der Waals surface area contributed by atoms with E-state index in [1.807, 2.05) is 54.6 Å². The minimum Gasteiger partial charge on any atom is -0.489 e. The fourth-order valence-electron chi connectivity index (χ4n) is 3.51. The number of carbonyl (C=O) groups is 1. The number of thiophene rings is 1. The number of hydrogen-bond acceptors (Lipinski definition) is 4. The summed E-state index contributed by atoms with van der Waals surface area (Å²) in [6.45, 7) is 0.518. The van der Waals surface area contributed by atoms with Gasteiger partial charge < -0.3 is 10.1 Å². The summed E-state index contributed by atoms with van der Waals surface area (Å²) in [5, 5.41) is 13.1. The molecule has 1 amide bonds. The van der Waals surface area contributed by atoms with Gasteiger partial charge in [-0.2, -0.15) is 5.26 Å². The maximum absolute atomic E-state index is 12.4. The van der Waals surface area contributed by atoms with E-state index in [0.29, 0.717) is 17.2 Å². The summed E-state index contributed by atoms with van der Waals surface area (Å²) in [5.74, 6) is 0.554. The van der Waals surface area contributed by atoms with E-state index in [0.717, 1.165) is 48.1 Å². The van der Waals surface area contributed by atoms with Gasteiger partial charge in [-0.3, -0.25) is 4.79 Å². The van der Waals surface area contributed by atoms with Crippen molar-refractivity contribution in [1.82, 2.24) is 0 Å². The number of rotatable bonds is 6. The van der Waals surface area contributed by atoms with Crippen LogP contribution in [0.5, 0.6) is 5.75 Å². The topological polar surface area (TPSA) is 62.1 Å². The van der Waals surface area contributed by atoms with E-state index in [-0.39, 0.29) is 5.91 Å². The predicted molar refractivity (Wildman–Crippen MR) is 121 cm³/mol. The number of ether oxygens (including phenoxy) is 1. The molecule has 0 unspecified atom stereocenters. The number of hydrogen-bond donors (Lipinski definition) is 1. The number of nitrogens with one attached hydrogen (secondary N) is 1. The molecule has 5 heteroatoms. The third kappa shape index (κ3) is 4.79. The van der Waals surface area contributed by atoms with Gasteiger partial charge in [-0.05, 0) is 60.6 Å². The predicted octanol–water partition coefficient (Wildman–Crippen LogP) is 5.73. The van der Waals surface area contributed by atoms with Crippen molar-refractivity contribution in [1.29, 1.82) is 5.26 Å². The first-order valence-electron chi connectivity index (χ1n) is 10.0. The first-order valence-corrected chi connectivity index (χ1v) is 10.8. The molecule has 0 atom stereocenters. The fraction of sp³-hybridized carbons (Fsp3) is 0.200. The molecule has 150 valence electrons. The summed E-state index contributed by atoms with van der Waals surface area (Å²) in [5.41, 5.74) is 3.78. The van der Waals surface area contributed by atoms with Gasteiger partial charge in [0.2, 0.25) is 5.91 Å². The number of carbonyl (C=O) groups excluding carboxylic acids is 1. The Morgan fingerprint density at radius 1 is 1.10 bits per heavy atom. The van der Waals surface area contributed by atoms with Crippen molar-refractivity contribution < 1.29 is 9.53 Å². The van der Waals surface area contributed by atoms with Gasteiger partial charge in [0.25, 0.3) is 0 Å². The minimum atomic E-state index is -0.227. The SMILES string of the molecule is N#Cc1c(NC(=O)C=Cc2ccc(OCc3ccccc3)cc2)sc2c1CCCC2. The zero-order valence-corrected chi connectivity index (χ0v) is 17.4. The van der Waals surface area contributed by atoms with Gasteiger partial charge in [0.05, 0.1) is 5.56 Å². The van der Waals surface area contributed by atoms with Crippen LogP contribution in [0.1, 0.15) is 40.0 Å². The summed E-state index contributed by atoms with van der Waals surface area (Å²) < 4.78 is 5.78. The normalized spacial score (nSPS) is 12.9. The fourth-order valence-corrected chi connectivity index (χ4v) is 4.76. The highest BCUT2D eigenvalue weighted by molar-refractivity contribution is 7.16. The second-order valence-corrected chi connectivity index (χ2v) is 8.30. The molecule has 1 aliphatic carbocycles. The van der Waals surface area contributed by atoms with E-state index < -0.39 is 0 Å². The number of nitriles is 1. The number of benzene rings is 2. The second kappa shape index (κ2) is 9.43. The standard InChI is InChI=1S/C25H22N2O2S/c26-16-22-21-8-4-5-9-23(21)30-25(22)27-24(28)15-12-18-10-13-20(14-11-18)29-17-19-6-2-1-3-7-19/h1-3,6-7,10-15H,4-5,8-9,17H2,(H,27,28). The Balaban J connectivity index is 1.35. The van der Waals surface area contributed by atoms with E-state index in [2.05, 4.69) is 11.4 Å². The first kappa shape index (κ1) is 19.9. The third-order valence-corrected chi connectivity index (χ3v) is 6.28. The Kier molecular flexibility index (Phi) is 6.26.